The Hall–Kier alpha value is -0.930. The second kappa shape index (κ2) is 5.41. The van der Waals surface area contributed by atoms with Crippen LogP contribution in [-0.4, -0.2) is 4.98 Å². The van der Waals surface area contributed by atoms with E-state index in [0.29, 0.717) is 5.92 Å². The van der Waals surface area contributed by atoms with Gasteiger partial charge in [0.05, 0.1) is 11.7 Å². The van der Waals surface area contributed by atoms with Crippen LogP contribution in [0.25, 0.3) is 0 Å². The van der Waals surface area contributed by atoms with Crippen LogP contribution in [0.4, 0.5) is 0 Å². The Bertz CT molecular complexity index is 332. The van der Waals surface area contributed by atoms with Gasteiger partial charge >= 0.3 is 0 Å². The molecule has 1 unspecified atom stereocenters. The highest BCUT2D eigenvalue weighted by molar-refractivity contribution is 5.14. The van der Waals surface area contributed by atoms with Crippen molar-refractivity contribution >= 4 is 0 Å². The topological polar surface area (TPSA) is 50.9 Å². The molecule has 0 radical (unpaired) electrons. The number of aryl methyl sites for hydroxylation is 1. The zero-order valence-electron chi connectivity index (χ0n) is 9.95. The Balaban J connectivity index is 2.14. The molecule has 2 rings (SSSR count). The molecule has 0 aromatic carbocycles. The Labute approximate surface area is 97.4 Å². The zero-order valence-corrected chi connectivity index (χ0v) is 9.95. The molecule has 1 fully saturated rings. The van der Waals surface area contributed by atoms with Crippen molar-refractivity contribution in [3.63, 3.8) is 0 Å². The van der Waals surface area contributed by atoms with Crippen LogP contribution in [0.2, 0.25) is 0 Å². The van der Waals surface area contributed by atoms with Gasteiger partial charge < -0.3 is 0 Å². The van der Waals surface area contributed by atoms with Crippen molar-refractivity contribution in [2.45, 2.75) is 45.1 Å². The molecule has 0 spiro atoms. The summed E-state index contributed by atoms with van der Waals surface area (Å²) in [4.78, 5) is 4.58. The quantitative estimate of drug-likeness (QED) is 0.606. The normalized spacial score (nSPS) is 19.6. The van der Waals surface area contributed by atoms with Gasteiger partial charge in [-0.15, -0.1) is 0 Å². The first-order valence-electron chi connectivity index (χ1n) is 6.21. The Morgan fingerprint density at radius 3 is 2.69 bits per heavy atom. The van der Waals surface area contributed by atoms with Gasteiger partial charge in [0.1, 0.15) is 0 Å². The zero-order chi connectivity index (χ0) is 11.4. The summed E-state index contributed by atoms with van der Waals surface area (Å²) in [6.45, 7) is 2.03. The van der Waals surface area contributed by atoms with E-state index < -0.39 is 0 Å². The van der Waals surface area contributed by atoms with Gasteiger partial charge in [0.15, 0.2) is 0 Å². The van der Waals surface area contributed by atoms with Gasteiger partial charge in [0.2, 0.25) is 0 Å². The lowest BCUT2D eigenvalue weighted by Crippen LogP contribution is -2.35. The minimum Gasteiger partial charge on any atom is -0.271 e. The summed E-state index contributed by atoms with van der Waals surface area (Å²) in [5.41, 5.74) is 5.11. The van der Waals surface area contributed by atoms with Crippen LogP contribution in [0.3, 0.4) is 0 Å². The predicted octanol–water partition coefficient (Wildman–Crippen LogP) is 2.47. The van der Waals surface area contributed by atoms with Gasteiger partial charge in [0.25, 0.3) is 0 Å². The maximum atomic E-state index is 5.70. The lowest BCUT2D eigenvalue weighted by Gasteiger charge is -2.29. The summed E-state index contributed by atoms with van der Waals surface area (Å²) in [6, 6.07) is 6.38. The molecule has 88 valence electrons. The van der Waals surface area contributed by atoms with Gasteiger partial charge in [-0.05, 0) is 37.8 Å². The number of rotatable bonds is 3. The minimum atomic E-state index is 0.222. The third-order valence-electron chi connectivity index (χ3n) is 3.53. The highest BCUT2D eigenvalue weighted by Gasteiger charge is 2.24. The second-order valence-corrected chi connectivity index (χ2v) is 4.75. The molecule has 1 aliphatic carbocycles. The SMILES string of the molecule is Cc1cccc(C(NN)C2CCCCC2)n1. The lowest BCUT2D eigenvalue weighted by atomic mass is 9.83. The molecule has 3 nitrogen and oxygen atoms in total. The fourth-order valence-corrected chi connectivity index (χ4v) is 2.67. The summed E-state index contributed by atoms with van der Waals surface area (Å²) in [6.07, 6.45) is 6.56. The van der Waals surface area contributed by atoms with E-state index in [9.17, 15) is 0 Å². The summed E-state index contributed by atoms with van der Waals surface area (Å²) in [5.74, 6) is 6.34. The van der Waals surface area contributed by atoms with Crippen molar-refractivity contribution < 1.29 is 0 Å². The molecule has 16 heavy (non-hydrogen) atoms. The maximum Gasteiger partial charge on any atom is 0.0660 e. The van der Waals surface area contributed by atoms with Gasteiger partial charge in [-0.1, -0.05) is 25.3 Å². The Morgan fingerprint density at radius 2 is 2.06 bits per heavy atom. The van der Waals surface area contributed by atoms with Crippen molar-refractivity contribution in [3.05, 3.63) is 29.6 Å². The molecule has 0 amide bonds. The second-order valence-electron chi connectivity index (χ2n) is 4.75. The molecule has 1 aliphatic rings. The van der Waals surface area contributed by atoms with Gasteiger partial charge in [-0.2, -0.15) is 0 Å². The standard InChI is InChI=1S/C13H21N3/c1-10-6-5-9-12(15-10)13(16-14)11-7-3-2-4-8-11/h5-6,9,11,13,16H,2-4,7-8,14H2,1H3. The predicted molar refractivity (Wildman–Crippen MR) is 65.6 cm³/mol. The van der Waals surface area contributed by atoms with Crippen LogP contribution in [-0.2, 0) is 0 Å². The molecule has 1 atom stereocenters. The fourth-order valence-electron chi connectivity index (χ4n) is 2.67. The van der Waals surface area contributed by atoms with Gasteiger partial charge in [0, 0.05) is 5.69 Å². The molecule has 0 bridgehead atoms. The average Bonchev–Trinajstić information content (AvgIpc) is 2.31. The average molecular weight is 219 g/mol. The fraction of sp³-hybridized carbons (Fsp3) is 0.615. The van der Waals surface area contributed by atoms with E-state index in [2.05, 4.69) is 22.5 Å². The number of aromatic nitrogens is 1. The van der Waals surface area contributed by atoms with Crippen LogP contribution in [0.5, 0.6) is 0 Å². The molecule has 0 aliphatic heterocycles. The molecule has 0 saturated heterocycles. The number of pyridine rings is 1. The first-order valence-corrected chi connectivity index (χ1v) is 6.21. The minimum absolute atomic E-state index is 0.222. The van der Waals surface area contributed by atoms with Crippen LogP contribution >= 0.6 is 0 Å². The molecule has 1 aromatic heterocycles. The highest BCUT2D eigenvalue weighted by Crippen LogP contribution is 2.33. The number of nitrogens with zero attached hydrogens (tertiary/aromatic N) is 1. The first-order chi connectivity index (χ1) is 7.81. The van der Waals surface area contributed by atoms with E-state index in [1.807, 2.05) is 13.0 Å². The number of hydrazine groups is 1. The molecule has 3 N–H and O–H groups in total. The van der Waals surface area contributed by atoms with E-state index in [0.717, 1.165) is 11.4 Å². The van der Waals surface area contributed by atoms with E-state index in [1.54, 1.807) is 0 Å². The summed E-state index contributed by atoms with van der Waals surface area (Å²) in [5, 5.41) is 0. The van der Waals surface area contributed by atoms with Crippen molar-refractivity contribution in [2.24, 2.45) is 11.8 Å². The van der Waals surface area contributed by atoms with Gasteiger partial charge in [-0.25, -0.2) is 0 Å². The largest absolute Gasteiger partial charge is 0.271 e. The van der Waals surface area contributed by atoms with E-state index in [4.69, 9.17) is 5.84 Å². The summed E-state index contributed by atoms with van der Waals surface area (Å²) in [7, 11) is 0. The molecular formula is C13H21N3. The van der Waals surface area contributed by atoms with Crippen molar-refractivity contribution in [1.29, 1.82) is 0 Å². The number of nitrogens with two attached hydrogens (primary N) is 1. The van der Waals surface area contributed by atoms with E-state index >= 15 is 0 Å². The van der Waals surface area contributed by atoms with Crippen molar-refractivity contribution in [1.82, 2.24) is 10.4 Å². The Morgan fingerprint density at radius 1 is 1.31 bits per heavy atom. The summed E-state index contributed by atoms with van der Waals surface area (Å²) < 4.78 is 0. The van der Waals surface area contributed by atoms with Gasteiger partial charge in [-0.3, -0.25) is 16.3 Å². The number of hydrogen-bond donors (Lipinski definition) is 2. The molecule has 1 aromatic rings. The van der Waals surface area contributed by atoms with Crippen LogP contribution in [0.15, 0.2) is 18.2 Å². The molecule has 3 heteroatoms. The van der Waals surface area contributed by atoms with Crippen molar-refractivity contribution in [2.75, 3.05) is 0 Å². The first kappa shape index (κ1) is 11.6. The monoisotopic (exact) mass is 219 g/mol. The van der Waals surface area contributed by atoms with E-state index in [1.165, 1.54) is 32.1 Å². The molecule has 1 saturated carbocycles. The highest BCUT2D eigenvalue weighted by atomic mass is 15.2. The lowest BCUT2D eigenvalue weighted by molar-refractivity contribution is 0.269. The Kier molecular flexibility index (Phi) is 3.91. The van der Waals surface area contributed by atoms with Crippen molar-refractivity contribution in [3.8, 4) is 0 Å². The molecule has 1 heterocycles. The smallest absolute Gasteiger partial charge is 0.0660 e. The molecular weight excluding hydrogens is 198 g/mol. The number of hydrogen-bond acceptors (Lipinski definition) is 3. The third-order valence-corrected chi connectivity index (χ3v) is 3.53. The maximum absolute atomic E-state index is 5.70. The van der Waals surface area contributed by atoms with Crippen LogP contribution < -0.4 is 11.3 Å². The van der Waals surface area contributed by atoms with E-state index in [-0.39, 0.29) is 6.04 Å². The van der Waals surface area contributed by atoms with Crippen LogP contribution in [0, 0.1) is 12.8 Å². The number of nitrogens with one attached hydrogen (secondary N) is 1. The summed E-state index contributed by atoms with van der Waals surface area (Å²) >= 11 is 0. The third kappa shape index (κ3) is 2.60. The van der Waals surface area contributed by atoms with Crippen LogP contribution in [0.1, 0.15) is 49.5 Å².